The van der Waals surface area contributed by atoms with E-state index >= 15 is 0 Å². The summed E-state index contributed by atoms with van der Waals surface area (Å²) in [4.78, 5) is 37.1. The number of Topliss-reactive ketones (excluding diaryl/α,β-unsaturated/α-hetero) is 1. The molecule has 2 aromatic rings. The Bertz CT molecular complexity index is 783. The number of nitrogens with one attached hydrogen (secondary N) is 2. The number of rotatable bonds is 8. The van der Waals surface area contributed by atoms with Gasteiger partial charge in [-0.15, -0.1) is 0 Å². The van der Waals surface area contributed by atoms with Crippen LogP contribution in [0.2, 0.25) is 0 Å². The Kier molecular flexibility index (Phi) is 7.29. The van der Waals surface area contributed by atoms with Crippen molar-refractivity contribution in [1.82, 2.24) is 10.6 Å². The highest BCUT2D eigenvalue weighted by atomic mass is 16.2. The molecule has 0 aliphatic carbocycles. The summed E-state index contributed by atoms with van der Waals surface area (Å²) < 4.78 is 0. The molecule has 2 aromatic carbocycles. The molecule has 1 atom stereocenters. The second kappa shape index (κ2) is 9.67. The fourth-order valence-corrected chi connectivity index (χ4v) is 2.66. The summed E-state index contributed by atoms with van der Waals surface area (Å²) in [6, 6.07) is 15.5. The molecule has 0 unspecified atom stereocenters. The van der Waals surface area contributed by atoms with Crippen molar-refractivity contribution in [2.45, 2.75) is 45.7 Å². The quantitative estimate of drug-likeness (QED) is 0.704. The summed E-state index contributed by atoms with van der Waals surface area (Å²) in [5.41, 5.74) is 2.37. The van der Waals surface area contributed by atoms with E-state index < -0.39 is 6.04 Å². The van der Waals surface area contributed by atoms with Gasteiger partial charge in [0.05, 0.1) is 0 Å². The van der Waals surface area contributed by atoms with Crippen molar-refractivity contribution < 1.29 is 14.4 Å². The molecule has 0 heterocycles. The Balaban J connectivity index is 1.99. The lowest BCUT2D eigenvalue weighted by molar-refractivity contribution is -0.129. The van der Waals surface area contributed by atoms with E-state index in [-0.39, 0.29) is 36.5 Å². The third-order valence-electron chi connectivity index (χ3n) is 4.08. The third-order valence-corrected chi connectivity index (χ3v) is 4.08. The van der Waals surface area contributed by atoms with Gasteiger partial charge < -0.3 is 10.6 Å². The van der Waals surface area contributed by atoms with Crippen LogP contribution in [-0.2, 0) is 9.59 Å². The van der Waals surface area contributed by atoms with Gasteiger partial charge in [0.15, 0.2) is 5.78 Å². The number of aryl methyl sites for hydroxylation is 1. The van der Waals surface area contributed by atoms with Gasteiger partial charge in [0.1, 0.15) is 6.04 Å². The van der Waals surface area contributed by atoms with Crippen LogP contribution in [-0.4, -0.2) is 23.6 Å². The highest BCUT2D eigenvalue weighted by molar-refractivity contribution is 5.98. The van der Waals surface area contributed by atoms with Crippen molar-refractivity contribution in [2.24, 2.45) is 0 Å². The predicted octanol–water partition coefficient (Wildman–Crippen LogP) is 3.34. The molecule has 0 spiro atoms. The topological polar surface area (TPSA) is 75.3 Å². The minimum atomic E-state index is -0.782. The molecule has 2 rings (SSSR count). The van der Waals surface area contributed by atoms with E-state index in [0.717, 1.165) is 5.56 Å². The third kappa shape index (κ3) is 6.37. The van der Waals surface area contributed by atoms with Crippen molar-refractivity contribution >= 4 is 17.6 Å². The van der Waals surface area contributed by atoms with Crippen molar-refractivity contribution in [1.29, 1.82) is 0 Å². The second-order valence-corrected chi connectivity index (χ2v) is 6.86. The fraction of sp³-hybridized carbons (Fsp3) is 0.318. The molecule has 0 radical (unpaired) electrons. The van der Waals surface area contributed by atoms with Crippen LogP contribution in [0.1, 0.15) is 54.2 Å². The molecule has 5 nitrogen and oxygen atoms in total. The Labute approximate surface area is 160 Å². The van der Waals surface area contributed by atoms with E-state index in [0.29, 0.717) is 11.1 Å². The van der Waals surface area contributed by atoms with Crippen molar-refractivity contribution in [3.05, 3.63) is 71.3 Å². The summed E-state index contributed by atoms with van der Waals surface area (Å²) >= 11 is 0. The maximum atomic E-state index is 12.5. The second-order valence-electron chi connectivity index (χ2n) is 6.86. The maximum absolute atomic E-state index is 12.5. The zero-order valence-electron chi connectivity index (χ0n) is 16.0. The van der Waals surface area contributed by atoms with Crippen LogP contribution < -0.4 is 10.6 Å². The SMILES string of the molecule is Cc1ccc(C(=O)CCC(=O)N[C@H](C(=O)NC(C)C)c2ccccc2)cc1. The lowest BCUT2D eigenvalue weighted by atomic mass is 10.0. The van der Waals surface area contributed by atoms with E-state index in [1.807, 2.05) is 51.1 Å². The van der Waals surface area contributed by atoms with Crippen LogP contribution in [0.25, 0.3) is 0 Å². The molecule has 2 amide bonds. The van der Waals surface area contributed by atoms with Crippen LogP contribution in [0.5, 0.6) is 0 Å². The van der Waals surface area contributed by atoms with Crippen molar-refractivity contribution in [2.75, 3.05) is 0 Å². The first-order valence-corrected chi connectivity index (χ1v) is 9.11. The highest BCUT2D eigenvalue weighted by Crippen LogP contribution is 2.14. The molecule has 0 fully saturated rings. The van der Waals surface area contributed by atoms with E-state index in [4.69, 9.17) is 0 Å². The van der Waals surface area contributed by atoms with Gasteiger partial charge in [-0.25, -0.2) is 0 Å². The first kappa shape index (κ1) is 20.4. The Hall–Kier alpha value is -2.95. The molecule has 0 saturated heterocycles. The number of carbonyl (C=O) groups excluding carboxylic acids is 3. The van der Waals surface area contributed by atoms with Crippen LogP contribution in [0.3, 0.4) is 0 Å². The predicted molar refractivity (Wildman–Crippen MR) is 105 cm³/mol. The van der Waals surface area contributed by atoms with Gasteiger partial charge in [0, 0.05) is 24.4 Å². The summed E-state index contributed by atoms with van der Waals surface area (Å²) in [6.45, 7) is 5.68. The Morgan fingerprint density at radius 3 is 2.07 bits per heavy atom. The summed E-state index contributed by atoms with van der Waals surface area (Å²) in [5.74, 6) is -0.689. The highest BCUT2D eigenvalue weighted by Gasteiger charge is 2.23. The van der Waals surface area contributed by atoms with Crippen LogP contribution in [0.15, 0.2) is 54.6 Å². The van der Waals surface area contributed by atoms with Gasteiger partial charge in [-0.1, -0.05) is 60.2 Å². The molecule has 2 N–H and O–H groups in total. The molecule has 0 aliphatic heterocycles. The van der Waals surface area contributed by atoms with Gasteiger partial charge in [-0.05, 0) is 26.3 Å². The van der Waals surface area contributed by atoms with Crippen molar-refractivity contribution in [3.63, 3.8) is 0 Å². The fourth-order valence-electron chi connectivity index (χ4n) is 2.66. The smallest absolute Gasteiger partial charge is 0.247 e. The van der Waals surface area contributed by atoms with Crippen molar-refractivity contribution in [3.8, 4) is 0 Å². The number of carbonyl (C=O) groups is 3. The average molecular weight is 366 g/mol. The minimum absolute atomic E-state index is 0.0327. The Morgan fingerprint density at radius 1 is 0.852 bits per heavy atom. The largest absolute Gasteiger partial charge is 0.352 e. The number of ketones is 1. The van der Waals surface area contributed by atoms with E-state index in [1.165, 1.54) is 0 Å². The summed E-state index contributed by atoms with van der Waals surface area (Å²) in [7, 11) is 0. The van der Waals surface area contributed by atoms with E-state index in [2.05, 4.69) is 10.6 Å². The molecular formula is C22H26N2O3. The standard InChI is InChI=1S/C22H26N2O3/c1-15(2)23-22(27)21(18-7-5-4-6-8-18)24-20(26)14-13-19(25)17-11-9-16(3)10-12-17/h4-12,15,21H,13-14H2,1-3H3,(H,23,27)(H,24,26)/t21-/m0/s1. The molecule has 5 heteroatoms. The number of amides is 2. The van der Waals surface area contributed by atoms with Gasteiger partial charge >= 0.3 is 0 Å². The molecule has 0 saturated carbocycles. The normalized spacial score (nSPS) is 11.7. The molecule has 27 heavy (non-hydrogen) atoms. The van der Waals surface area contributed by atoms with Crippen LogP contribution in [0, 0.1) is 6.92 Å². The first-order chi connectivity index (χ1) is 12.9. The first-order valence-electron chi connectivity index (χ1n) is 9.11. The monoisotopic (exact) mass is 366 g/mol. The Morgan fingerprint density at radius 2 is 1.48 bits per heavy atom. The average Bonchev–Trinajstić information content (AvgIpc) is 2.64. The van der Waals surface area contributed by atoms with Crippen LogP contribution in [0.4, 0.5) is 0 Å². The summed E-state index contributed by atoms with van der Waals surface area (Å²) in [6.07, 6.45) is 0.132. The minimum Gasteiger partial charge on any atom is -0.352 e. The summed E-state index contributed by atoms with van der Waals surface area (Å²) in [5, 5.41) is 5.57. The molecule has 0 aliphatic rings. The lowest BCUT2D eigenvalue weighted by Gasteiger charge is -2.20. The van der Waals surface area contributed by atoms with E-state index in [9.17, 15) is 14.4 Å². The van der Waals surface area contributed by atoms with Gasteiger partial charge in [0.2, 0.25) is 11.8 Å². The zero-order valence-corrected chi connectivity index (χ0v) is 16.0. The zero-order chi connectivity index (χ0) is 19.8. The molecular weight excluding hydrogens is 340 g/mol. The van der Waals surface area contributed by atoms with E-state index in [1.54, 1.807) is 24.3 Å². The number of benzene rings is 2. The number of hydrogen-bond acceptors (Lipinski definition) is 3. The lowest BCUT2D eigenvalue weighted by Crippen LogP contribution is -2.42. The molecule has 142 valence electrons. The molecule has 0 bridgehead atoms. The maximum Gasteiger partial charge on any atom is 0.247 e. The van der Waals surface area contributed by atoms with Crippen LogP contribution >= 0.6 is 0 Å². The van der Waals surface area contributed by atoms with Gasteiger partial charge in [-0.2, -0.15) is 0 Å². The van der Waals surface area contributed by atoms with Gasteiger partial charge in [0.25, 0.3) is 0 Å². The molecule has 0 aromatic heterocycles. The number of hydrogen-bond donors (Lipinski definition) is 2. The van der Waals surface area contributed by atoms with Gasteiger partial charge in [-0.3, -0.25) is 14.4 Å².